The summed E-state index contributed by atoms with van der Waals surface area (Å²) in [5.74, 6) is 0.730. The van der Waals surface area contributed by atoms with Crippen molar-refractivity contribution < 1.29 is 4.92 Å². The van der Waals surface area contributed by atoms with Crippen molar-refractivity contribution in [1.82, 2.24) is 9.55 Å². The number of imidazole rings is 1. The quantitative estimate of drug-likeness (QED) is 0.490. The molecule has 0 spiro atoms. The molecule has 94 valence electrons. The van der Waals surface area contributed by atoms with E-state index in [0.717, 1.165) is 5.69 Å². The van der Waals surface area contributed by atoms with Gasteiger partial charge in [0.15, 0.2) is 0 Å². The van der Waals surface area contributed by atoms with E-state index in [0.29, 0.717) is 17.3 Å². The summed E-state index contributed by atoms with van der Waals surface area (Å²) in [7, 11) is 1.72. The molecule has 3 N–H and O–H groups in total. The monoisotopic (exact) mass is 247 g/mol. The Bertz CT molecular complexity index is 588. The molecule has 0 aliphatic carbocycles. The van der Waals surface area contributed by atoms with Gasteiger partial charge in [-0.05, 0) is 34.2 Å². The highest BCUT2D eigenvalue weighted by Crippen LogP contribution is 2.27. The van der Waals surface area contributed by atoms with Gasteiger partial charge in [0.05, 0.1) is 0 Å². The van der Waals surface area contributed by atoms with Gasteiger partial charge in [-0.3, -0.25) is 4.57 Å². The molecule has 0 bridgehead atoms. The molecule has 18 heavy (non-hydrogen) atoms. The van der Waals surface area contributed by atoms with Crippen molar-refractivity contribution in [3.05, 3.63) is 40.2 Å². The number of hydrogen-bond donors (Lipinski definition) is 2. The lowest BCUT2D eigenvalue weighted by Gasteiger charge is -2.06. The number of aromatic nitrogens is 2. The number of hydrogen-bond acceptors (Lipinski definition) is 5. The Labute approximate surface area is 103 Å². The summed E-state index contributed by atoms with van der Waals surface area (Å²) in [5, 5.41) is 13.9. The highest BCUT2D eigenvalue weighted by Gasteiger charge is 2.23. The lowest BCUT2D eigenvalue weighted by Crippen LogP contribution is -2.01. The fourth-order valence-corrected chi connectivity index (χ4v) is 1.56. The molecule has 0 aliphatic heterocycles. The van der Waals surface area contributed by atoms with Crippen molar-refractivity contribution in [1.29, 1.82) is 0 Å². The van der Waals surface area contributed by atoms with Crippen molar-refractivity contribution in [3.63, 3.8) is 0 Å². The molecule has 0 unspecified atom stereocenters. The van der Waals surface area contributed by atoms with Gasteiger partial charge in [0, 0.05) is 25.3 Å². The van der Waals surface area contributed by atoms with Gasteiger partial charge in [-0.2, -0.15) is 0 Å². The maximum Gasteiger partial charge on any atom is 0.407 e. The molecule has 0 saturated heterocycles. The second-order valence-corrected chi connectivity index (χ2v) is 3.89. The molecular formula is C11H13N5O2. The molecule has 0 aliphatic rings. The molecule has 0 fully saturated rings. The van der Waals surface area contributed by atoms with Gasteiger partial charge in [-0.15, -0.1) is 0 Å². The first-order valence-corrected chi connectivity index (χ1v) is 5.29. The van der Waals surface area contributed by atoms with Crippen LogP contribution in [0.25, 0.3) is 0 Å². The van der Waals surface area contributed by atoms with Gasteiger partial charge in [-0.1, -0.05) is 0 Å². The molecule has 0 atom stereocenters. The SMILES string of the molecule is Cc1nc([N+](=O)[O-])c(Nc2ccc(N)cc2)n1C. The van der Waals surface area contributed by atoms with Crippen LogP contribution in [-0.2, 0) is 7.05 Å². The van der Waals surface area contributed by atoms with Crippen LogP contribution in [0.3, 0.4) is 0 Å². The minimum atomic E-state index is -0.507. The lowest BCUT2D eigenvalue weighted by molar-refractivity contribution is -0.388. The predicted molar refractivity (Wildman–Crippen MR) is 68.7 cm³/mol. The first kappa shape index (κ1) is 11.9. The second-order valence-electron chi connectivity index (χ2n) is 3.89. The average molecular weight is 247 g/mol. The van der Waals surface area contributed by atoms with Crippen molar-refractivity contribution in [3.8, 4) is 0 Å². The predicted octanol–water partition coefficient (Wildman–Crippen LogP) is 1.96. The van der Waals surface area contributed by atoms with Gasteiger partial charge in [-0.25, -0.2) is 0 Å². The molecule has 0 amide bonds. The number of nitro groups is 1. The number of aryl methyl sites for hydroxylation is 1. The summed E-state index contributed by atoms with van der Waals surface area (Å²) < 4.78 is 1.63. The molecule has 2 rings (SSSR count). The zero-order valence-corrected chi connectivity index (χ0v) is 10.0. The molecule has 1 aromatic heterocycles. The summed E-state index contributed by atoms with van der Waals surface area (Å²) in [6.45, 7) is 1.71. The van der Waals surface area contributed by atoms with E-state index in [1.54, 1.807) is 42.8 Å². The Morgan fingerprint density at radius 3 is 2.56 bits per heavy atom. The molecule has 0 radical (unpaired) electrons. The van der Waals surface area contributed by atoms with E-state index in [4.69, 9.17) is 5.73 Å². The number of nitrogens with two attached hydrogens (primary N) is 1. The standard InChI is InChI=1S/C11H13N5O2/c1-7-13-11(16(17)18)10(15(7)2)14-9-5-3-8(12)4-6-9/h3-6,14H,12H2,1-2H3. The molecule has 7 heteroatoms. The number of anilines is 3. The van der Waals surface area contributed by atoms with Crippen molar-refractivity contribution in [2.75, 3.05) is 11.1 Å². The largest absolute Gasteiger partial charge is 0.407 e. The topological polar surface area (TPSA) is 99.0 Å². The van der Waals surface area contributed by atoms with Gasteiger partial charge in [0.2, 0.25) is 11.6 Å². The van der Waals surface area contributed by atoms with E-state index < -0.39 is 4.92 Å². The molecular weight excluding hydrogens is 234 g/mol. The van der Waals surface area contributed by atoms with Crippen LogP contribution in [0.4, 0.5) is 23.0 Å². The Balaban J connectivity index is 2.39. The van der Waals surface area contributed by atoms with Crippen LogP contribution in [0.1, 0.15) is 5.82 Å². The zero-order chi connectivity index (χ0) is 13.3. The Kier molecular flexibility index (Phi) is 2.88. The molecule has 7 nitrogen and oxygen atoms in total. The number of nitrogens with one attached hydrogen (secondary N) is 1. The van der Waals surface area contributed by atoms with Crippen molar-refractivity contribution in [2.45, 2.75) is 6.92 Å². The van der Waals surface area contributed by atoms with Crippen LogP contribution in [-0.4, -0.2) is 14.5 Å². The van der Waals surface area contributed by atoms with E-state index in [2.05, 4.69) is 10.3 Å². The zero-order valence-electron chi connectivity index (χ0n) is 10.0. The smallest absolute Gasteiger partial charge is 0.399 e. The van der Waals surface area contributed by atoms with Gasteiger partial charge in [0.1, 0.15) is 0 Å². The number of nitrogen functional groups attached to an aromatic ring is 1. The lowest BCUT2D eigenvalue weighted by atomic mass is 10.3. The van der Waals surface area contributed by atoms with E-state index in [1.165, 1.54) is 0 Å². The van der Waals surface area contributed by atoms with Crippen LogP contribution in [0, 0.1) is 17.0 Å². The highest BCUT2D eigenvalue weighted by molar-refractivity contribution is 5.65. The first-order valence-electron chi connectivity index (χ1n) is 5.29. The van der Waals surface area contributed by atoms with Crippen molar-refractivity contribution >= 4 is 23.0 Å². The maximum atomic E-state index is 10.9. The van der Waals surface area contributed by atoms with E-state index in [-0.39, 0.29) is 5.82 Å². The molecule has 0 saturated carbocycles. The third-order valence-corrected chi connectivity index (χ3v) is 2.65. The third-order valence-electron chi connectivity index (χ3n) is 2.65. The summed E-state index contributed by atoms with van der Waals surface area (Å²) in [6.07, 6.45) is 0. The average Bonchev–Trinajstić information content (AvgIpc) is 2.60. The minimum absolute atomic E-state index is 0.188. The van der Waals surface area contributed by atoms with E-state index >= 15 is 0 Å². The van der Waals surface area contributed by atoms with Crippen LogP contribution >= 0.6 is 0 Å². The molecule has 1 aromatic carbocycles. The third kappa shape index (κ3) is 2.10. The Morgan fingerprint density at radius 1 is 1.39 bits per heavy atom. The van der Waals surface area contributed by atoms with Gasteiger partial charge < -0.3 is 21.2 Å². The maximum absolute atomic E-state index is 10.9. The summed E-state index contributed by atoms with van der Waals surface area (Å²) in [4.78, 5) is 14.3. The van der Waals surface area contributed by atoms with Crippen LogP contribution < -0.4 is 11.1 Å². The summed E-state index contributed by atoms with van der Waals surface area (Å²) in [5.41, 5.74) is 6.93. The fourth-order valence-electron chi connectivity index (χ4n) is 1.56. The molecule has 2 aromatic rings. The normalized spacial score (nSPS) is 10.3. The first-order chi connectivity index (χ1) is 8.49. The van der Waals surface area contributed by atoms with Crippen LogP contribution in [0.5, 0.6) is 0 Å². The van der Waals surface area contributed by atoms with Gasteiger partial charge in [0.25, 0.3) is 0 Å². The van der Waals surface area contributed by atoms with E-state index in [9.17, 15) is 10.1 Å². The van der Waals surface area contributed by atoms with E-state index in [1.807, 2.05) is 0 Å². The van der Waals surface area contributed by atoms with Crippen LogP contribution in [0.15, 0.2) is 24.3 Å². The fraction of sp³-hybridized carbons (Fsp3) is 0.182. The Morgan fingerprint density at radius 2 is 2.00 bits per heavy atom. The van der Waals surface area contributed by atoms with Gasteiger partial charge >= 0.3 is 5.82 Å². The summed E-state index contributed by atoms with van der Waals surface area (Å²) in [6, 6.07) is 6.94. The minimum Gasteiger partial charge on any atom is -0.399 e. The van der Waals surface area contributed by atoms with Crippen LogP contribution in [0.2, 0.25) is 0 Å². The molecule has 1 heterocycles. The highest BCUT2D eigenvalue weighted by atomic mass is 16.6. The number of rotatable bonds is 3. The number of benzene rings is 1. The summed E-state index contributed by atoms with van der Waals surface area (Å²) >= 11 is 0. The van der Waals surface area contributed by atoms with Crippen molar-refractivity contribution in [2.24, 2.45) is 7.05 Å². The number of nitrogens with zero attached hydrogens (tertiary/aromatic N) is 3. The Hall–Kier alpha value is -2.57. The second kappa shape index (κ2) is 4.36.